The number of aromatic nitrogens is 1. The molecule has 0 aliphatic carbocycles. The third-order valence-electron chi connectivity index (χ3n) is 5.20. The number of benzene rings is 1. The Labute approximate surface area is 176 Å². The first-order valence-electron chi connectivity index (χ1n) is 10.0. The van der Waals surface area contributed by atoms with Crippen molar-refractivity contribution in [3.63, 3.8) is 0 Å². The van der Waals surface area contributed by atoms with Gasteiger partial charge in [-0.25, -0.2) is 8.42 Å². The highest BCUT2D eigenvalue weighted by molar-refractivity contribution is 7.89. The zero-order valence-electron chi connectivity index (χ0n) is 17.2. The monoisotopic (exact) mass is 433 g/mol. The molecule has 1 saturated heterocycles. The van der Waals surface area contributed by atoms with E-state index in [1.54, 1.807) is 18.7 Å². The van der Waals surface area contributed by atoms with E-state index in [1.165, 1.54) is 22.6 Å². The van der Waals surface area contributed by atoms with Gasteiger partial charge in [0.25, 0.3) is 5.56 Å². The second-order valence-electron chi connectivity index (χ2n) is 7.03. The Balaban J connectivity index is 1.77. The van der Waals surface area contributed by atoms with E-state index in [0.717, 1.165) is 10.1 Å². The van der Waals surface area contributed by atoms with Crippen LogP contribution in [0.4, 0.5) is 0 Å². The summed E-state index contributed by atoms with van der Waals surface area (Å²) in [5.41, 5.74) is 0.564. The number of rotatable bonds is 7. The van der Waals surface area contributed by atoms with Crippen LogP contribution in [0.25, 0.3) is 0 Å². The first-order chi connectivity index (χ1) is 14.4. The van der Waals surface area contributed by atoms with Crippen molar-refractivity contribution in [2.24, 2.45) is 0 Å². The molecule has 30 heavy (non-hydrogen) atoms. The van der Waals surface area contributed by atoms with Crippen LogP contribution in [0.5, 0.6) is 0 Å². The second-order valence-corrected chi connectivity index (χ2v) is 8.97. The molecule has 1 unspecified atom stereocenters. The van der Waals surface area contributed by atoms with E-state index in [-0.39, 0.29) is 23.5 Å². The van der Waals surface area contributed by atoms with Crippen molar-refractivity contribution in [1.82, 2.24) is 13.8 Å². The third kappa shape index (κ3) is 4.80. The third-order valence-corrected chi connectivity index (χ3v) is 7.23. The molecule has 2 heterocycles. The number of sulfonamides is 1. The van der Waals surface area contributed by atoms with Crippen LogP contribution < -0.4 is 5.56 Å². The summed E-state index contributed by atoms with van der Waals surface area (Å²) >= 11 is 0. The fourth-order valence-corrected chi connectivity index (χ4v) is 4.97. The molecule has 9 heteroatoms. The summed E-state index contributed by atoms with van der Waals surface area (Å²) < 4.78 is 33.7. The largest absolute Gasteiger partial charge is 0.370 e. The lowest BCUT2D eigenvalue weighted by Crippen LogP contribution is -2.44. The Morgan fingerprint density at radius 1 is 1.13 bits per heavy atom. The number of morpholine rings is 1. The summed E-state index contributed by atoms with van der Waals surface area (Å²) in [4.78, 5) is 26.8. The van der Waals surface area contributed by atoms with E-state index >= 15 is 0 Å². The van der Waals surface area contributed by atoms with Gasteiger partial charge in [-0.2, -0.15) is 4.31 Å². The summed E-state index contributed by atoms with van der Waals surface area (Å²) in [6.45, 7) is 5.14. The molecule has 1 amide bonds. The molecular weight excluding hydrogens is 406 g/mol. The molecule has 0 saturated carbocycles. The molecule has 1 aliphatic rings. The Hall–Kier alpha value is -2.49. The van der Waals surface area contributed by atoms with Gasteiger partial charge in [-0.1, -0.05) is 44.2 Å². The SMILES string of the molecule is CCN(CC)S(=O)(=O)c1ccc(=O)n(CC(=O)N2CCOC(c3ccccc3)C2)c1. The molecule has 1 atom stereocenters. The molecule has 0 N–H and O–H groups in total. The molecule has 1 fully saturated rings. The molecular formula is C21H27N3O5S. The minimum atomic E-state index is -3.72. The van der Waals surface area contributed by atoms with E-state index in [0.29, 0.717) is 32.8 Å². The van der Waals surface area contributed by atoms with Crippen LogP contribution in [0, 0.1) is 0 Å². The summed E-state index contributed by atoms with van der Waals surface area (Å²) in [5.74, 6) is -0.251. The van der Waals surface area contributed by atoms with Crippen LogP contribution in [0.2, 0.25) is 0 Å². The van der Waals surface area contributed by atoms with E-state index in [2.05, 4.69) is 0 Å². The standard InChI is InChI=1S/C21H27N3O5S/c1-3-24(4-2)30(27,28)18-10-11-20(25)23(14-18)16-21(26)22-12-13-29-19(15-22)17-8-6-5-7-9-17/h5-11,14,19H,3-4,12-13,15-16H2,1-2H3. The van der Waals surface area contributed by atoms with E-state index in [4.69, 9.17) is 4.74 Å². The Kier molecular flexibility index (Phi) is 7.06. The van der Waals surface area contributed by atoms with Gasteiger partial charge in [0.05, 0.1) is 18.0 Å². The summed E-state index contributed by atoms with van der Waals surface area (Å²) in [6, 6.07) is 12.1. The minimum absolute atomic E-state index is 0.00254. The Morgan fingerprint density at radius 2 is 1.83 bits per heavy atom. The molecule has 0 radical (unpaired) electrons. The van der Waals surface area contributed by atoms with Crippen molar-refractivity contribution >= 4 is 15.9 Å². The van der Waals surface area contributed by atoms with Gasteiger partial charge in [0.1, 0.15) is 12.6 Å². The van der Waals surface area contributed by atoms with Crippen molar-refractivity contribution in [3.8, 4) is 0 Å². The molecule has 0 bridgehead atoms. The fourth-order valence-electron chi connectivity index (χ4n) is 3.49. The molecule has 1 aliphatic heterocycles. The summed E-state index contributed by atoms with van der Waals surface area (Å²) in [6.07, 6.45) is 1.03. The van der Waals surface area contributed by atoms with Crippen LogP contribution >= 0.6 is 0 Å². The van der Waals surface area contributed by atoms with Crippen molar-refractivity contribution in [1.29, 1.82) is 0 Å². The van der Waals surface area contributed by atoms with Gasteiger partial charge in [-0.05, 0) is 11.6 Å². The van der Waals surface area contributed by atoms with Crippen molar-refractivity contribution < 1.29 is 17.9 Å². The highest BCUT2D eigenvalue weighted by Gasteiger charge is 2.26. The molecule has 162 valence electrons. The van der Waals surface area contributed by atoms with Crippen molar-refractivity contribution in [2.45, 2.75) is 31.4 Å². The zero-order valence-corrected chi connectivity index (χ0v) is 18.0. The first-order valence-corrected chi connectivity index (χ1v) is 11.5. The van der Waals surface area contributed by atoms with Crippen LogP contribution in [-0.2, 0) is 26.1 Å². The molecule has 2 aromatic rings. The van der Waals surface area contributed by atoms with Gasteiger partial charge in [-0.15, -0.1) is 0 Å². The highest BCUT2D eigenvalue weighted by atomic mass is 32.2. The number of carbonyl (C=O) groups excluding carboxylic acids is 1. The van der Waals surface area contributed by atoms with Gasteiger partial charge in [0.15, 0.2) is 0 Å². The number of nitrogens with zero attached hydrogens (tertiary/aromatic N) is 3. The maximum Gasteiger partial charge on any atom is 0.251 e. The number of carbonyl (C=O) groups is 1. The van der Waals surface area contributed by atoms with Crippen molar-refractivity contribution in [3.05, 3.63) is 64.6 Å². The Morgan fingerprint density at radius 3 is 2.50 bits per heavy atom. The lowest BCUT2D eigenvalue weighted by Gasteiger charge is -2.33. The van der Waals surface area contributed by atoms with Gasteiger partial charge in [0, 0.05) is 31.9 Å². The van der Waals surface area contributed by atoms with Crippen LogP contribution in [0.3, 0.4) is 0 Å². The van der Waals surface area contributed by atoms with Gasteiger partial charge >= 0.3 is 0 Å². The minimum Gasteiger partial charge on any atom is -0.370 e. The van der Waals surface area contributed by atoms with Gasteiger partial charge in [0.2, 0.25) is 15.9 Å². The number of ether oxygens (including phenoxy) is 1. The average Bonchev–Trinajstić information content (AvgIpc) is 2.76. The predicted molar refractivity (Wildman–Crippen MR) is 113 cm³/mol. The van der Waals surface area contributed by atoms with Gasteiger partial charge < -0.3 is 14.2 Å². The van der Waals surface area contributed by atoms with Crippen LogP contribution in [0.15, 0.2) is 58.4 Å². The van der Waals surface area contributed by atoms with E-state index < -0.39 is 15.6 Å². The summed E-state index contributed by atoms with van der Waals surface area (Å²) in [7, 11) is -3.72. The molecule has 1 aromatic heterocycles. The first kappa shape index (κ1) is 22.2. The number of amides is 1. The van der Waals surface area contributed by atoms with E-state index in [1.807, 2.05) is 30.3 Å². The quantitative estimate of drug-likeness (QED) is 0.660. The predicted octanol–water partition coefficient (Wildman–Crippen LogP) is 1.48. The molecule has 8 nitrogen and oxygen atoms in total. The maximum absolute atomic E-state index is 12.9. The lowest BCUT2D eigenvalue weighted by atomic mass is 10.1. The average molecular weight is 434 g/mol. The van der Waals surface area contributed by atoms with E-state index in [9.17, 15) is 18.0 Å². The topological polar surface area (TPSA) is 88.9 Å². The molecule has 3 rings (SSSR count). The Bertz CT molecular complexity index is 1030. The number of pyridine rings is 1. The second kappa shape index (κ2) is 9.55. The van der Waals surface area contributed by atoms with Crippen molar-refractivity contribution in [2.75, 3.05) is 32.8 Å². The maximum atomic E-state index is 12.9. The van der Waals surface area contributed by atoms with Crippen LogP contribution in [0.1, 0.15) is 25.5 Å². The fraction of sp³-hybridized carbons (Fsp3) is 0.429. The summed E-state index contributed by atoms with van der Waals surface area (Å²) in [5, 5.41) is 0. The molecule has 1 aromatic carbocycles. The zero-order chi connectivity index (χ0) is 21.7. The smallest absolute Gasteiger partial charge is 0.251 e. The van der Waals surface area contributed by atoms with Gasteiger partial charge in [-0.3, -0.25) is 9.59 Å². The lowest BCUT2D eigenvalue weighted by molar-refractivity contribution is -0.139. The van der Waals surface area contributed by atoms with Crippen LogP contribution in [-0.4, -0.2) is 60.9 Å². The normalized spacial score (nSPS) is 17.3. The number of hydrogen-bond acceptors (Lipinski definition) is 5. The molecule has 0 spiro atoms. The number of hydrogen-bond donors (Lipinski definition) is 0. The highest BCUT2D eigenvalue weighted by Crippen LogP contribution is 2.22.